The molecule has 12 heavy (non-hydrogen) atoms. The van der Waals surface area contributed by atoms with Crippen LogP contribution in [0, 0.1) is 0 Å². The van der Waals surface area contributed by atoms with Crippen LogP contribution in [-0.2, 0) is 9.47 Å². The summed E-state index contributed by atoms with van der Waals surface area (Å²) in [5.41, 5.74) is -0.168. The van der Waals surface area contributed by atoms with E-state index in [0.717, 1.165) is 0 Å². The highest BCUT2D eigenvalue weighted by molar-refractivity contribution is 4.68. The van der Waals surface area contributed by atoms with E-state index in [-0.39, 0.29) is 17.8 Å². The van der Waals surface area contributed by atoms with Crippen LogP contribution in [-0.4, -0.2) is 24.4 Å². The maximum Gasteiger partial charge on any atom is 0.0862 e. The molecule has 0 unspecified atom stereocenters. The minimum Gasteiger partial charge on any atom is -0.376 e. The van der Waals surface area contributed by atoms with Crippen molar-refractivity contribution in [3.8, 4) is 0 Å². The molecule has 2 nitrogen and oxygen atoms in total. The van der Waals surface area contributed by atoms with Gasteiger partial charge in [0.05, 0.1) is 24.4 Å². The average Bonchev–Trinajstić information content (AvgIpc) is 1.81. The van der Waals surface area contributed by atoms with Crippen molar-refractivity contribution in [2.24, 2.45) is 0 Å². The second-order valence-electron chi connectivity index (χ2n) is 4.29. The summed E-state index contributed by atoms with van der Waals surface area (Å²) in [6, 6.07) is 0. The molecule has 0 aliphatic carbocycles. The first-order valence-corrected chi connectivity index (χ1v) is 4.63. The summed E-state index contributed by atoms with van der Waals surface area (Å²) < 4.78 is 11.1. The van der Waals surface area contributed by atoms with Crippen molar-refractivity contribution in [3.05, 3.63) is 0 Å². The Balaban J connectivity index is 3.71. The summed E-state index contributed by atoms with van der Waals surface area (Å²) in [5.74, 6) is 0. The van der Waals surface area contributed by atoms with Gasteiger partial charge in [-0.3, -0.25) is 0 Å². The molecule has 0 spiro atoms. The van der Waals surface area contributed by atoms with E-state index in [2.05, 4.69) is 13.8 Å². The van der Waals surface area contributed by atoms with Crippen molar-refractivity contribution in [1.82, 2.24) is 0 Å². The second kappa shape index (κ2) is 4.83. The van der Waals surface area contributed by atoms with Crippen molar-refractivity contribution >= 4 is 0 Å². The Morgan fingerprint density at radius 2 is 1.50 bits per heavy atom. The molecule has 0 saturated heterocycles. The number of rotatable bonds is 5. The van der Waals surface area contributed by atoms with E-state index in [1.165, 1.54) is 0 Å². The van der Waals surface area contributed by atoms with Gasteiger partial charge in [0.25, 0.3) is 0 Å². The van der Waals surface area contributed by atoms with Crippen molar-refractivity contribution in [1.29, 1.82) is 0 Å². The molecule has 0 aromatic heterocycles. The minimum absolute atomic E-state index is 0.168. The van der Waals surface area contributed by atoms with E-state index in [4.69, 9.17) is 9.47 Å². The van der Waals surface area contributed by atoms with Gasteiger partial charge < -0.3 is 9.47 Å². The molecule has 0 aliphatic rings. The quantitative estimate of drug-likeness (QED) is 0.638. The highest BCUT2D eigenvalue weighted by atomic mass is 16.5. The largest absolute Gasteiger partial charge is 0.376 e. The molecule has 74 valence electrons. The first-order chi connectivity index (χ1) is 5.33. The van der Waals surface area contributed by atoms with Gasteiger partial charge in [0.2, 0.25) is 0 Å². The van der Waals surface area contributed by atoms with Crippen molar-refractivity contribution in [2.75, 3.05) is 6.61 Å². The van der Waals surface area contributed by atoms with Crippen molar-refractivity contribution in [2.45, 2.75) is 59.4 Å². The summed E-state index contributed by atoms with van der Waals surface area (Å²) in [6.45, 7) is 12.9. The molecular weight excluding hydrogens is 152 g/mol. The van der Waals surface area contributed by atoms with Gasteiger partial charge in [0.1, 0.15) is 0 Å². The molecule has 2 heteroatoms. The van der Waals surface area contributed by atoms with Crippen LogP contribution in [0.15, 0.2) is 0 Å². The van der Waals surface area contributed by atoms with Crippen LogP contribution in [0.1, 0.15) is 41.5 Å². The predicted molar refractivity (Wildman–Crippen MR) is 51.4 cm³/mol. The van der Waals surface area contributed by atoms with E-state index in [1.807, 2.05) is 27.7 Å². The summed E-state index contributed by atoms with van der Waals surface area (Å²) in [7, 11) is 0. The maximum atomic E-state index is 5.66. The lowest BCUT2D eigenvalue weighted by atomic mass is 10.1. The van der Waals surface area contributed by atoms with Crippen molar-refractivity contribution < 1.29 is 9.47 Å². The van der Waals surface area contributed by atoms with Crippen LogP contribution in [0.3, 0.4) is 0 Å². The number of hydrogen-bond donors (Lipinski definition) is 0. The Hall–Kier alpha value is -0.0800. The van der Waals surface area contributed by atoms with E-state index in [9.17, 15) is 0 Å². The number of ether oxygens (including phenoxy) is 2. The Morgan fingerprint density at radius 3 is 1.83 bits per heavy atom. The zero-order chi connectivity index (χ0) is 9.78. The first kappa shape index (κ1) is 11.9. The minimum atomic E-state index is -0.168. The topological polar surface area (TPSA) is 18.5 Å². The lowest BCUT2D eigenvalue weighted by molar-refractivity contribution is -0.111. The lowest BCUT2D eigenvalue weighted by Gasteiger charge is -2.28. The Morgan fingerprint density at radius 1 is 1.00 bits per heavy atom. The lowest BCUT2D eigenvalue weighted by Crippen LogP contribution is -2.34. The van der Waals surface area contributed by atoms with Gasteiger partial charge in [-0.1, -0.05) is 0 Å². The maximum absolute atomic E-state index is 5.66. The molecule has 0 heterocycles. The second-order valence-corrected chi connectivity index (χ2v) is 4.29. The average molecular weight is 174 g/mol. The first-order valence-electron chi connectivity index (χ1n) is 4.63. The molecule has 0 saturated carbocycles. The van der Waals surface area contributed by atoms with Gasteiger partial charge in [-0.2, -0.15) is 0 Å². The summed E-state index contributed by atoms with van der Waals surface area (Å²) in [6.07, 6.45) is 0.538. The summed E-state index contributed by atoms with van der Waals surface area (Å²) in [5, 5.41) is 0. The van der Waals surface area contributed by atoms with Crippen LogP contribution in [0.25, 0.3) is 0 Å². The molecule has 0 radical (unpaired) electrons. The van der Waals surface area contributed by atoms with Crippen LogP contribution in [0.2, 0.25) is 0 Å². The summed E-state index contributed by atoms with van der Waals surface area (Å²) >= 11 is 0. The van der Waals surface area contributed by atoms with Gasteiger partial charge >= 0.3 is 0 Å². The van der Waals surface area contributed by atoms with Crippen LogP contribution in [0.5, 0.6) is 0 Å². The summed E-state index contributed by atoms with van der Waals surface area (Å²) in [4.78, 5) is 0. The fraction of sp³-hybridized carbons (Fsp3) is 1.00. The van der Waals surface area contributed by atoms with Gasteiger partial charge in [0, 0.05) is 0 Å². The Bertz CT molecular complexity index is 117. The van der Waals surface area contributed by atoms with Gasteiger partial charge in [-0.05, 0) is 41.5 Å². The third kappa shape index (κ3) is 6.62. The fourth-order valence-corrected chi connectivity index (χ4v) is 1.04. The van der Waals surface area contributed by atoms with E-state index < -0.39 is 0 Å². The van der Waals surface area contributed by atoms with Crippen LogP contribution in [0.4, 0.5) is 0 Å². The Kier molecular flexibility index (Phi) is 4.80. The monoisotopic (exact) mass is 174 g/mol. The highest BCUT2D eigenvalue weighted by Crippen LogP contribution is 2.13. The predicted octanol–water partition coefficient (Wildman–Crippen LogP) is 2.62. The highest BCUT2D eigenvalue weighted by Gasteiger charge is 2.20. The molecular formula is C10H22O2. The number of hydrogen-bond acceptors (Lipinski definition) is 2. The standard InChI is InChI=1S/C10H22O2/c1-8(2)11-7-10(5,6)12-9(3)4/h8-9H,7H2,1-6H3. The van der Waals surface area contributed by atoms with Crippen molar-refractivity contribution in [3.63, 3.8) is 0 Å². The molecule has 0 N–H and O–H groups in total. The van der Waals surface area contributed by atoms with Gasteiger partial charge in [0.15, 0.2) is 0 Å². The third-order valence-electron chi connectivity index (χ3n) is 1.32. The molecule has 0 bridgehead atoms. The van der Waals surface area contributed by atoms with Crippen LogP contribution >= 0.6 is 0 Å². The molecule has 0 aromatic carbocycles. The van der Waals surface area contributed by atoms with Gasteiger partial charge in [-0.25, -0.2) is 0 Å². The molecule has 0 atom stereocenters. The van der Waals surface area contributed by atoms with Gasteiger partial charge in [-0.15, -0.1) is 0 Å². The van der Waals surface area contributed by atoms with E-state index >= 15 is 0 Å². The third-order valence-corrected chi connectivity index (χ3v) is 1.32. The Labute approximate surface area is 76.3 Å². The molecule has 0 fully saturated rings. The molecule has 0 rings (SSSR count). The molecule has 0 aromatic rings. The SMILES string of the molecule is CC(C)OCC(C)(C)OC(C)C. The van der Waals surface area contributed by atoms with E-state index in [1.54, 1.807) is 0 Å². The smallest absolute Gasteiger partial charge is 0.0862 e. The zero-order valence-electron chi connectivity index (χ0n) is 9.18. The van der Waals surface area contributed by atoms with E-state index in [0.29, 0.717) is 6.61 Å². The fourth-order valence-electron chi connectivity index (χ4n) is 1.04. The zero-order valence-corrected chi connectivity index (χ0v) is 9.18. The normalized spacial score (nSPS) is 13.0. The van der Waals surface area contributed by atoms with Crippen LogP contribution < -0.4 is 0 Å². The molecule has 0 amide bonds. The molecule has 0 aliphatic heterocycles.